The highest BCUT2D eigenvalue weighted by Gasteiger charge is 2.20. The number of thiophene rings is 1. The molecule has 2 aromatic heterocycles. The second-order valence-corrected chi connectivity index (χ2v) is 9.43. The van der Waals surface area contributed by atoms with Crippen molar-refractivity contribution in [3.8, 4) is 10.6 Å². The molecule has 2 amide bonds. The molecule has 0 bridgehead atoms. The van der Waals surface area contributed by atoms with E-state index in [-0.39, 0.29) is 17.1 Å². The van der Waals surface area contributed by atoms with Crippen LogP contribution in [0.25, 0.3) is 10.6 Å². The molecule has 1 unspecified atom stereocenters. The lowest BCUT2D eigenvalue weighted by Gasteiger charge is -2.14. The predicted molar refractivity (Wildman–Crippen MR) is 124 cm³/mol. The van der Waals surface area contributed by atoms with Gasteiger partial charge in [0.05, 0.1) is 15.8 Å². The largest absolute Gasteiger partial charge is 0.326 e. The first-order valence-electron chi connectivity index (χ1n) is 9.46. The second kappa shape index (κ2) is 10.6. The van der Waals surface area contributed by atoms with E-state index in [1.54, 1.807) is 11.3 Å². The number of hydrogen-bond acceptors (Lipinski definition) is 6. The minimum Gasteiger partial charge on any atom is -0.326 e. The van der Waals surface area contributed by atoms with Gasteiger partial charge in [-0.15, -0.1) is 34.4 Å². The van der Waals surface area contributed by atoms with Crippen molar-refractivity contribution < 1.29 is 9.59 Å². The normalized spacial score (nSPS) is 11.8. The Kier molecular flexibility index (Phi) is 7.85. The fraction of sp³-hybridized carbons (Fsp3) is 0.286. The molecule has 1 atom stereocenters. The third-order valence-electron chi connectivity index (χ3n) is 4.04. The van der Waals surface area contributed by atoms with Gasteiger partial charge in [-0.25, -0.2) is 4.98 Å². The molecule has 0 fully saturated rings. The molecule has 3 rings (SSSR count). The molecule has 0 aliphatic rings. The van der Waals surface area contributed by atoms with Gasteiger partial charge >= 0.3 is 0 Å². The van der Waals surface area contributed by atoms with Gasteiger partial charge in [0, 0.05) is 22.4 Å². The number of anilines is 2. The van der Waals surface area contributed by atoms with Crippen LogP contribution < -0.4 is 10.6 Å². The highest BCUT2D eigenvalue weighted by Crippen LogP contribution is 2.31. The number of aromatic nitrogens is 1. The van der Waals surface area contributed by atoms with Crippen LogP contribution >= 0.6 is 34.4 Å². The van der Waals surface area contributed by atoms with Crippen LogP contribution in [0.2, 0.25) is 0 Å². The van der Waals surface area contributed by atoms with E-state index in [9.17, 15) is 9.59 Å². The number of carbonyl (C=O) groups is 2. The minimum atomic E-state index is -0.245. The first-order chi connectivity index (χ1) is 14.1. The van der Waals surface area contributed by atoms with Crippen LogP contribution in [0.5, 0.6) is 0 Å². The third-order valence-corrected chi connectivity index (χ3v) is 7.05. The number of amides is 2. The summed E-state index contributed by atoms with van der Waals surface area (Å²) < 4.78 is 0. The summed E-state index contributed by atoms with van der Waals surface area (Å²) in [5.41, 5.74) is 1.64. The van der Waals surface area contributed by atoms with E-state index in [0.29, 0.717) is 18.0 Å². The van der Waals surface area contributed by atoms with Crippen LogP contribution in [0.4, 0.5) is 10.8 Å². The van der Waals surface area contributed by atoms with E-state index in [1.807, 2.05) is 61.0 Å². The predicted octanol–water partition coefficient (Wildman–Crippen LogP) is 6.12. The fourth-order valence-electron chi connectivity index (χ4n) is 2.64. The van der Waals surface area contributed by atoms with Gasteiger partial charge in [0.25, 0.3) is 0 Å². The Bertz CT molecular complexity index is 954. The van der Waals surface area contributed by atoms with Crippen molar-refractivity contribution in [1.29, 1.82) is 0 Å². The number of rotatable bonds is 9. The fourth-order valence-corrected chi connectivity index (χ4v) is 5.13. The zero-order valence-corrected chi connectivity index (χ0v) is 18.8. The zero-order chi connectivity index (χ0) is 20.6. The van der Waals surface area contributed by atoms with E-state index in [2.05, 4.69) is 15.6 Å². The van der Waals surface area contributed by atoms with E-state index >= 15 is 0 Å². The highest BCUT2D eigenvalue weighted by atomic mass is 32.2. The number of hydrogen-bond donors (Lipinski definition) is 2. The van der Waals surface area contributed by atoms with Gasteiger partial charge in [0.1, 0.15) is 0 Å². The Labute approximate surface area is 183 Å². The smallest absolute Gasteiger partial charge is 0.239 e. The van der Waals surface area contributed by atoms with Crippen molar-refractivity contribution in [3.63, 3.8) is 0 Å². The summed E-state index contributed by atoms with van der Waals surface area (Å²) in [6.07, 6.45) is 1.99. The molecule has 0 saturated carbocycles. The summed E-state index contributed by atoms with van der Waals surface area (Å²) in [5.74, 6) is -0.0604. The molecule has 1 aromatic carbocycles. The lowest BCUT2D eigenvalue weighted by Crippen LogP contribution is -2.24. The SMILES string of the molecule is CCCC(=O)Nc1cccc(SC(CC)C(=O)Nc2nc(-c3cccs3)cs2)c1. The zero-order valence-electron chi connectivity index (χ0n) is 16.3. The van der Waals surface area contributed by atoms with Crippen molar-refractivity contribution in [2.75, 3.05) is 10.6 Å². The Balaban J connectivity index is 1.62. The molecule has 0 spiro atoms. The van der Waals surface area contributed by atoms with Crippen molar-refractivity contribution in [2.45, 2.75) is 43.3 Å². The molecular formula is C21H23N3O2S3. The van der Waals surface area contributed by atoms with Crippen molar-refractivity contribution in [1.82, 2.24) is 4.98 Å². The molecule has 29 heavy (non-hydrogen) atoms. The van der Waals surface area contributed by atoms with Crippen molar-refractivity contribution in [3.05, 3.63) is 47.2 Å². The van der Waals surface area contributed by atoms with Gasteiger partial charge in [-0.2, -0.15) is 0 Å². The quantitative estimate of drug-likeness (QED) is 0.389. The molecule has 2 N–H and O–H groups in total. The number of carbonyl (C=O) groups excluding carboxylic acids is 2. The number of nitrogens with zero attached hydrogens (tertiary/aromatic N) is 1. The first-order valence-corrected chi connectivity index (χ1v) is 12.1. The van der Waals surface area contributed by atoms with Gasteiger partial charge in [-0.05, 0) is 42.5 Å². The summed E-state index contributed by atoms with van der Waals surface area (Å²) in [6, 6.07) is 11.6. The third kappa shape index (κ3) is 6.16. The van der Waals surface area contributed by atoms with Crippen molar-refractivity contribution in [2.24, 2.45) is 0 Å². The van der Waals surface area contributed by atoms with E-state index < -0.39 is 0 Å². The average Bonchev–Trinajstić information content (AvgIpc) is 3.38. The minimum absolute atomic E-state index is 0.00440. The molecule has 3 aromatic rings. The topological polar surface area (TPSA) is 71.1 Å². The van der Waals surface area contributed by atoms with Gasteiger partial charge in [0.2, 0.25) is 11.8 Å². The van der Waals surface area contributed by atoms with Gasteiger partial charge in [-0.3, -0.25) is 9.59 Å². The lowest BCUT2D eigenvalue weighted by atomic mass is 10.3. The Hall–Kier alpha value is -2.16. The summed E-state index contributed by atoms with van der Waals surface area (Å²) >= 11 is 4.55. The van der Waals surface area contributed by atoms with E-state index in [4.69, 9.17) is 0 Å². The summed E-state index contributed by atoms with van der Waals surface area (Å²) in [4.78, 5) is 31.1. The Morgan fingerprint density at radius 2 is 2.00 bits per heavy atom. The molecule has 5 nitrogen and oxygen atoms in total. The maximum atomic E-state index is 12.8. The monoisotopic (exact) mass is 445 g/mol. The Morgan fingerprint density at radius 3 is 2.72 bits per heavy atom. The van der Waals surface area contributed by atoms with Crippen LogP contribution in [-0.2, 0) is 9.59 Å². The summed E-state index contributed by atoms with van der Waals surface area (Å²) in [6.45, 7) is 3.96. The average molecular weight is 446 g/mol. The number of nitrogens with one attached hydrogen (secondary N) is 2. The first kappa shape index (κ1) is 21.5. The van der Waals surface area contributed by atoms with E-state index in [0.717, 1.165) is 27.6 Å². The molecule has 2 heterocycles. The molecule has 0 aliphatic carbocycles. The summed E-state index contributed by atoms with van der Waals surface area (Å²) in [5, 5.41) is 10.2. The second-order valence-electron chi connectivity index (χ2n) is 6.35. The molecule has 8 heteroatoms. The van der Waals surface area contributed by atoms with Crippen LogP contribution in [0.3, 0.4) is 0 Å². The Morgan fingerprint density at radius 1 is 1.14 bits per heavy atom. The molecule has 152 valence electrons. The van der Waals surface area contributed by atoms with Gasteiger partial charge in [-0.1, -0.05) is 26.0 Å². The molecule has 0 saturated heterocycles. The highest BCUT2D eigenvalue weighted by molar-refractivity contribution is 8.00. The van der Waals surface area contributed by atoms with Crippen LogP contribution in [0.15, 0.2) is 52.1 Å². The maximum absolute atomic E-state index is 12.8. The standard InChI is InChI=1S/C21H23N3O2S3/c1-3-7-19(25)22-14-8-5-9-15(12-14)29-17(4-2)20(26)24-21-23-16(13-28-21)18-10-6-11-27-18/h5-6,8-13,17H,3-4,7H2,1-2H3,(H,22,25)(H,23,24,26). The number of thioether (sulfide) groups is 1. The van der Waals surface area contributed by atoms with Crippen LogP contribution in [0, 0.1) is 0 Å². The number of thiazole rings is 1. The maximum Gasteiger partial charge on any atom is 0.239 e. The van der Waals surface area contributed by atoms with E-state index in [1.165, 1.54) is 23.1 Å². The van der Waals surface area contributed by atoms with Crippen molar-refractivity contribution >= 4 is 57.1 Å². The van der Waals surface area contributed by atoms with Gasteiger partial charge in [0.15, 0.2) is 5.13 Å². The summed E-state index contributed by atoms with van der Waals surface area (Å²) in [7, 11) is 0. The van der Waals surface area contributed by atoms with Crippen LogP contribution in [-0.4, -0.2) is 22.0 Å². The van der Waals surface area contributed by atoms with Crippen LogP contribution in [0.1, 0.15) is 33.1 Å². The lowest BCUT2D eigenvalue weighted by molar-refractivity contribution is -0.116. The van der Waals surface area contributed by atoms with Gasteiger partial charge < -0.3 is 10.6 Å². The molecule has 0 aliphatic heterocycles. The molecule has 0 radical (unpaired) electrons. The number of benzene rings is 1. The molecular weight excluding hydrogens is 422 g/mol.